The average Bonchev–Trinajstić information content (AvgIpc) is 2.81. The number of aromatic amines is 1. The smallest absolute Gasteiger partial charge is 0.453 e. The second-order valence-corrected chi connectivity index (χ2v) is 5.20. The maximum absolute atomic E-state index is 12.7. The fourth-order valence-electron chi connectivity index (χ4n) is 1.53. The highest BCUT2D eigenvalue weighted by atomic mass is 79.9. The van der Waals surface area contributed by atoms with E-state index in [4.69, 9.17) is 17.0 Å². The van der Waals surface area contributed by atoms with Crippen molar-refractivity contribution in [2.75, 3.05) is 7.11 Å². The van der Waals surface area contributed by atoms with Crippen LogP contribution < -0.4 is 4.74 Å². The molecule has 2 N–H and O–H groups in total. The lowest BCUT2D eigenvalue weighted by atomic mass is 10.2. The summed E-state index contributed by atoms with van der Waals surface area (Å²) in [7, 11) is 1.34. The Labute approximate surface area is 135 Å². The zero-order valence-corrected chi connectivity index (χ0v) is 13.3. The Kier molecular flexibility index (Phi) is 4.56. The molecular weight excluding hydrogens is 389 g/mol. The lowest BCUT2D eigenvalue weighted by molar-refractivity contribution is -0.147. The van der Waals surface area contributed by atoms with Gasteiger partial charge in [0.1, 0.15) is 0 Å². The van der Waals surface area contributed by atoms with Crippen molar-refractivity contribution in [3.8, 4) is 11.5 Å². The first-order chi connectivity index (χ1) is 10.2. The molecule has 0 saturated carbocycles. The molecule has 22 heavy (non-hydrogen) atoms. The van der Waals surface area contributed by atoms with Crippen LogP contribution >= 0.6 is 28.1 Å². The number of halogens is 4. The summed E-state index contributed by atoms with van der Waals surface area (Å²) in [5.74, 6) is -1.25. The Morgan fingerprint density at radius 3 is 2.77 bits per heavy atom. The number of nitrogens with zero attached hydrogens (tertiary/aromatic N) is 3. The molecule has 11 heteroatoms. The van der Waals surface area contributed by atoms with Gasteiger partial charge in [0.15, 0.2) is 11.5 Å². The van der Waals surface area contributed by atoms with Gasteiger partial charge in [-0.1, -0.05) is 0 Å². The number of aromatic hydroxyl groups is 1. The van der Waals surface area contributed by atoms with Crippen LogP contribution in [0.2, 0.25) is 0 Å². The predicted octanol–water partition coefficient (Wildman–Crippen LogP) is 3.32. The van der Waals surface area contributed by atoms with Crippen molar-refractivity contribution >= 4 is 34.4 Å². The van der Waals surface area contributed by atoms with E-state index in [9.17, 15) is 18.3 Å². The summed E-state index contributed by atoms with van der Waals surface area (Å²) in [6, 6.07) is 2.86. The molecule has 0 saturated heterocycles. The number of phenols is 1. The van der Waals surface area contributed by atoms with Crippen LogP contribution in [0.3, 0.4) is 0 Å². The second-order valence-electron chi connectivity index (χ2n) is 3.96. The number of ether oxygens (including phenoxy) is 1. The molecule has 1 aromatic carbocycles. The Morgan fingerprint density at radius 1 is 1.50 bits per heavy atom. The molecule has 0 unspecified atom stereocenters. The molecule has 0 atom stereocenters. The van der Waals surface area contributed by atoms with Crippen molar-refractivity contribution in [1.82, 2.24) is 14.9 Å². The zero-order chi connectivity index (χ0) is 16.5. The van der Waals surface area contributed by atoms with Gasteiger partial charge in [-0.2, -0.15) is 22.9 Å². The fraction of sp³-hybridized carbons (Fsp3) is 0.182. The zero-order valence-electron chi connectivity index (χ0n) is 10.8. The van der Waals surface area contributed by atoms with E-state index in [1.54, 1.807) is 0 Å². The highest BCUT2D eigenvalue weighted by molar-refractivity contribution is 9.10. The van der Waals surface area contributed by atoms with Gasteiger partial charge in [-0.05, 0) is 45.8 Å². The third-order valence-corrected chi connectivity index (χ3v) is 3.37. The Hall–Kier alpha value is -1.88. The SMILES string of the molecule is COc1cc(/C=N/n2c(C(F)(F)F)n[nH]c2=S)cc(Br)c1O. The van der Waals surface area contributed by atoms with E-state index < -0.39 is 12.0 Å². The van der Waals surface area contributed by atoms with Crippen molar-refractivity contribution < 1.29 is 23.0 Å². The van der Waals surface area contributed by atoms with Crippen LogP contribution in [0.15, 0.2) is 21.7 Å². The van der Waals surface area contributed by atoms with E-state index in [0.29, 0.717) is 14.7 Å². The number of alkyl halides is 3. The van der Waals surface area contributed by atoms with Crippen molar-refractivity contribution in [2.45, 2.75) is 6.18 Å². The van der Waals surface area contributed by atoms with Crippen LogP contribution in [0.4, 0.5) is 13.2 Å². The molecule has 0 radical (unpaired) electrons. The summed E-state index contributed by atoms with van der Waals surface area (Å²) in [6.45, 7) is 0. The van der Waals surface area contributed by atoms with Crippen LogP contribution in [0, 0.1) is 4.77 Å². The van der Waals surface area contributed by atoms with Gasteiger partial charge in [-0.25, -0.2) is 5.10 Å². The van der Waals surface area contributed by atoms with Gasteiger partial charge in [-0.15, -0.1) is 5.10 Å². The van der Waals surface area contributed by atoms with E-state index >= 15 is 0 Å². The Morgan fingerprint density at radius 2 is 2.18 bits per heavy atom. The van der Waals surface area contributed by atoms with E-state index in [1.807, 2.05) is 5.10 Å². The maximum Gasteiger partial charge on any atom is 0.453 e. The van der Waals surface area contributed by atoms with Gasteiger partial charge in [0.25, 0.3) is 5.82 Å². The number of benzene rings is 1. The number of hydrogen-bond donors (Lipinski definition) is 2. The molecule has 0 spiro atoms. The number of nitrogens with one attached hydrogen (secondary N) is 1. The van der Waals surface area contributed by atoms with Crippen LogP contribution in [0.25, 0.3) is 0 Å². The number of H-pyrrole nitrogens is 1. The molecule has 1 aromatic heterocycles. The summed E-state index contributed by atoms with van der Waals surface area (Å²) >= 11 is 7.81. The van der Waals surface area contributed by atoms with Crippen LogP contribution in [0.5, 0.6) is 11.5 Å². The van der Waals surface area contributed by atoms with Crippen LogP contribution in [-0.4, -0.2) is 33.3 Å². The largest absolute Gasteiger partial charge is 0.503 e. The molecule has 0 bridgehead atoms. The molecule has 118 valence electrons. The third kappa shape index (κ3) is 3.30. The first-order valence-corrected chi connectivity index (χ1v) is 6.79. The van der Waals surface area contributed by atoms with Gasteiger partial charge >= 0.3 is 6.18 Å². The molecule has 0 aliphatic carbocycles. The van der Waals surface area contributed by atoms with Crippen LogP contribution in [0.1, 0.15) is 11.4 Å². The molecular formula is C11H8BrF3N4O2S. The minimum Gasteiger partial charge on any atom is -0.503 e. The molecule has 1 heterocycles. The topological polar surface area (TPSA) is 75.4 Å². The number of phenolic OH excluding ortho intramolecular Hbond substituents is 1. The lowest BCUT2D eigenvalue weighted by Crippen LogP contribution is -2.12. The van der Waals surface area contributed by atoms with E-state index in [-0.39, 0.29) is 16.3 Å². The second kappa shape index (κ2) is 6.08. The summed E-state index contributed by atoms with van der Waals surface area (Å²) in [5.41, 5.74) is 0.387. The maximum atomic E-state index is 12.7. The third-order valence-electron chi connectivity index (χ3n) is 2.50. The van der Waals surface area contributed by atoms with E-state index in [1.165, 1.54) is 19.2 Å². The highest BCUT2D eigenvalue weighted by Crippen LogP contribution is 2.34. The van der Waals surface area contributed by atoms with Gasteiger partial charge in [0.2, 0.25) is 4.77 Å². The quantitative estimate of drug-likeness (QED) is 0.616. The molecule has 0 aliphatic rings. The number of rotatable bonds is 3. The first kappa shape index (κ1) is 16.5. The minimum absolute atomic E-state index is 0.129. The van der Waals surface area contributed by atoms with Crippen LogP contribution in [-0.2, 0) is 6.18 Å². The van der Waals surface area contributed by atoms with E-state index in [2.05, 4.69) is 26.1 Å². The minimum atomic E-state index is -4.70. The molecule has 0 aliphatic heterocycles. The number of aromatic nitrogens is 3. The number of hydrogen-bond acceptors (Lipinski definition) is 5. The fourth-order valence-corrected chi connectivity index (χ4v) is 2.17. The monoisotopic (exact) mass is 396 g/mol. The first-order valence-electron chi connectivity index (χ1n) is 5.59. The molecule has 2 aromatic rings. The summed E-state index contributed by atoms with van der Waals surface area (Å²) in [5, 5.41) is 18.5. The van der Waals surface area contributed by atoms with Crippen molar-refractivity contribution in [2.24, 2.45) is 5.10 Å². The molecule has 0 fully saturated rings. The van der Waals surface area contributed by atoms with Gasteiger partial charge in [0, 0.05) is 0 Å². The van der Waals surface area contributed by atoms with Crippen molar-refractivity contribution in [3.05, 3.63) is 32.8 Å². The van der Waals surface area contributed by atoms with Gasteiger partial charge < -0.3 is 9.84 Å². The summed E-state index contributed by atoms with van der Waals surface area (Å²) in [6.07, 6.45) is -3.56. The normalized spacial score (nSPS) is 12.0. The molecule has 6 nitrogen and oxygen atoms in total. The average molecular weight is 397 g/mol. The Balaban J connectivity index is 2.44. The van der Waals surface area contributed by atoms with Crippen molar-refractivity contribution in [1.29, 1.82) is 0 Å². The molecule has 2 rings (SSSR count). The standard InChI is InChI=1S/C11H8BrF3N4O2S/c1-21-7-3-5(2-6(12)8(7)20)4-16-19-9(11(13,14)15)17-18-10(19)22/h2-4,20H,1H3,(H,18,22)/b16-4+. The van der Waals surface area contributed by atoms with Crippen molar-refractivity contribution in [3.63, 3.8) is 0 Å². The predicted molar refractivity (Wildman–Crippen MR) is 77.8 cm³/mol. The van der Waals surface area contributed by atoms with E-state index in [0.717, 1.165) is 6.21 Å². The van der Waals surface area contributed by atoms with Gasteiger partial charge in [0.05, 0.1) is 17.8 Å². The highest BCUT2D eigenvalue weighted by Gasteiger charge is 2.37. The number of methoxy groups -OCH3 is 1. The Bertz CT molecular complexity index is 785. The van der Waals surface area contributed by atoms with Gasteiger partial charge in [-0.3, -0.25) is 0 Å². The summed E-state index contributed by atoms with van der Waals surface area (Å²) < 4.78 is 43.6. The lowest BCUT2D eigenvalue weighted by Gasteiger charge is -2.07. The molecule has 0 amide bonds. The summed E-state index contributed by atoms with van der Waals surface area (Å²) in [4.78, 5) is 0.